The fourth-order valence-corrected chi connectivity index (χ4v) is 3.92. The van der Waals surface area contributed by atoms with Gasteiger partial charge in [0, 0.05) is 24.5 Å². The molecule has 2 N–H and O–H groups in total. The number of para-hydroxylation sites is 1. The first kappa shape index (κ1) is 24.4. The lowest BCUT2D eigenvalue weighted by Crippen LogP contribution is -2.25. The van der Waals surface area contributed by atoms with Gasteiger partial charge in [-0.05, 0) is 73.2 Å². The van der Waals surface area contributed by atoms with Crippen LogP contribution in [-0.2, 0) is 12.8 Å². The van der Waals surface area contributed by atoms with E-state index < -0.39 is 5.97 Å². The van der Waals surface area contributed by atoms with Crippen molar-refractivity contribution in [2.75, 3.05) is 23.3 Å². The van der Waals surface area contributed by atoms with Gasteiger partial charge in [-0.15, -0.1) is 0 Å². The summed E-state index contributed by atoms with van der Waals surface area (Å²) >= 11 is 0. The number of unbranched alkanes of at least 4 members (excludes halogenated alkanes) is 2. The van der Waals surface area contributed by atoms with Crippen LogP contribution in [-0.4, -0.2) is 24.2 Å². The molecule has 0 fully saturated rings. The van der Waals surface area contributed by atoms with E-state index in [0.29, 0.717) is 5.69 Å². The topological polar surface area (TPSA) is 52.6 Å². The number of carbonyl (C=O) groups is 1. The lowest BCUT2D eigenvalue weighted by atomic mass is 10.0. The molecule has 4 nitrogen and oxygen atoms in total. The van der Waals surface area contributed by atoms with Gasteiger partial charge in [0.1, 0.15) is 0 Å². The number of hydrogen-bond donors (Lipinski definition) is 2. The van der Waals surface area contributed by atoms with E-state index in [2.05, 4.69) is 60.5 Å². The summed E-state index contributed by atoms with van der Waals surface area (Å²) in [5.41, 5.74) is 5.71. The van der Waals surface area contributed by atoms with Gasteiger partial charge < -0.3 is 15.3 Å². The molecule has 0 spiro atoms. The van der Waals surface area contributed by atoms with E-state index in [0.717, 1.165) is 31.6 Å². The molecule has 0 atom stereocenters. The molecule has 0 aliphatic carbocycles. The summed E-state index contributed by atoms with van der Waals surface area (Å²) in [6, 6.07) is 24.3. The monoisotopic (exact) mass is 444 g/mol. The summed E-state index contributed by atoms with van der Waals surface area (Å²) in [6.07, 6.45) is 6.89. The maximum atomic E-state index is 11.4. The molecule has 3 aromatic carbocycles. The fourth-order valence-electron chi connectivity index (χ4n) is 3.92. The van der Waals surface area contributed by atoms with Crippen LogP contribution in [0.3, 0.4) is 0 Å². The Balaban J connectivity index is 1.56. The number of carboxylic acids is 1. The number of anilines is 3. The maximum Gasteiger partial charge on any atom is 0.337 e. The molecule has 0 unspecified atom stereocenters. The molecule has 0 radical (unpaired) electrons. The van der Waals surface area contributed by atoms with Crippen LogP contribution in [0.2, 0.25) is 0 Å². The molecule has 0 bridgehead atoms. The highest BCUT2D eigenvalue weighted by Crippen LogP contribution is 2.22. The van der Waals surface area contributed by atoms with E-state index in [9.17, 15) is 9.90 Å². The van der Waals surface area contributed by atoms with E-state index >= 15 is 0 Å². The average Bonchev–Trinajstić information content (AvgIpc) is 2.84. The van der Waals surface area contributed by atoms with Crippen molar-refractivity contribution in [2.24, 2.45) is 0 Å². The molecule has 0 aliphatic heterocycles. The molecule has 0 saturated carbocycles. The second kappa shape index (κ2) is 12.7. The number of carboxylic acid groups (broad SMARTS) is 1. The van der Waals surface area contributed by atoms with E-state index in [-0.39, 0.29) is 5.56 Å². The Morgan fingerprint density at radius 2 is 1.33 bits per heavy atom. The number of rotatable bonds is 13. The van der Waals surface area contributed by atoms with Crippen LogP contribution in [0.4, 0.5) is 17.1 Å². The fraction of sp³-hybridized carbons (Fsp3) is 0.345. The van der Waals surface area contributed by atoms with Crippen molar-refractivity contribution >= 4 is 23.0 Å². The van der Waals surface area contributed by atoms with E-state index in [1.54, 1.807) is 18.2 Å². The van der Waals surface area contributed by atoms with Gasteiger partial charge in [-0.3, -0.25) is 0 Å². The highest BCUT2D eigenvalue weighted by Gasteiger charge is 2.09. The zero-order valence-corrected chi connectivity index (χ0v) is 19.9. The highest BCUT2D eigenvalue weighted by molar-refractivity contribution is 5.95. The van der Waals surface area contributed by atoms with E-state index in [1.165, 1.54) is 42.5 Å². The first-order valence-corrected chi connectivity index (χ1v) is 12.1. The Morgan fingerprint density at radius 3 is 1.88 bits per heavy atom. The lowest BCUT2D eigenvalue weighted by Gasteiger charge is -2.25. The second-order valence-electron chi connectivity index (χ2n) is 8.53. The SMILES string of the molecule is CCCCN(CCCC)c1ccc(CCc2ccc(Nc3ccccc3C(=O)O)cc2)cc1. The van der Waals surface area contributed by atoms with Gasteiger partial charge in [-0.1, -0.05) is 63.1 Å². The predicted octanol–water partition coefficient (Wildman–Crippen LogP) is 7.32. The predicted molar refractivity (Wildman–Crippen MR) is 139 cm³/mol. The molecule has 0 aliphatic rings. The minimum absolute atomic E-state index is 0.271. The molecule has 0 heterocycles. The molecular weight excluding hydrogens is 408 g/mol. The van der Waals surface area contributed by atoms with Crippen LogP contribution in [0.25, 0.3) is 0 Å². The second-order valence-corrected chi connectivity index (χ2v) is 8.53. The number of hydrogen-bond acceptors (Lipinski definition) is 3. The molecule has 174 valence electrons. The van der Waals surface area contributed by atoms with Crippen molar-refractivity contribution in [3.8, 4) is 0 Å². The number of nitrogens with one attached hydrogen (secondary N) is 1. The normalized spacial score (nSPS) is 10.7. The summed E-state index contributed by atoms with van der Waals surface area (Å²) in [5, 5.41) is 12.6. The Labute approximate surface area is 198 Å². The van der Waals surface area contributed by atoms with Crippen molar-refractivity contribution in [1.82, 2.24) is 0 Å². The molecule has 0 aromatic heterocycles. The van der Waals surface area contributed by atoms with Crippen molar-refractivity contribution in [2.45, 2.75) is 52.4 Å². The quantitative estimate of drug-likeness (QED) is 0.290. The van der Waals surface area contributed by atoms with Gasteiger partial charge in [0.05, 0.1) is 11.3 Å². The highest BCUT2D eigenvalue weighted by atomic mass is 16.4. The van der Waals surface area contributed by atoms with Crippen LogP contribution in [0.15, 0.2) is 72.8 Å². The molecule has 3 aromatic rings. The van der Waals surface area contributed by atoms with Gasteiger partial charge in [0.15, 0.2) is 0 Å². The number of nitrogens with zero attached hydrogens (tertiary/aromatic N) is 1. The Kier molecular flexibility index (Phi) is 9.37. The summed E-state index contributed by atoms with van der Waals surface area (Å²) in [4.78, 5) is 13.9. The molecular formula is C29H36N2O2. The average molecular weight is 445 g/mol. The largest absolute Gasteiger partial charge is 0.478 e. The Morgan fingerprint density at radius 1 is 0.788 bits per heavy atom. The molecule has 4 heteroatoms. The lowest BCUT2D eigenvalue weighted by molar-refractivity contribution is 0.0698. The zero-order chi connectivity index (χ0) is 23.5. The van der Waals surface area contributed by atoms with E-state index in [1.807, 2.05) is 18.2 Å². The number of benzene rings is 3. The maximum absolute atomic E-state index is 11.4. The Hall–Kier alpha value is -3.27. The summed E-state index contributed by atoms with van der Waals surface area (Å²) in [6.45, 7) is 6.76. The third kappa shape index (κ3) is 7.38. The number of aromatic carboxylic acids is 1. The third-order valence-electron chi connectivity index (χ3n) is 5.96. The van der Waals surface area contributed by atoms with Crippen LogP contribution < -0.4 is 10.2 Å². The van der Waals surface area contributed by atoms with Gasteiger partial charge in [0.25, 0.3) is 0 Å². The Bertz CT molecular complexity index is 989. The van der Waals surface area contributed by atoms with Crippen molar-refractivity contribution in [3.63, 3.8) is 0 Å². The minimum Gasteiger partial charge on any atom is -0.478 e. The van der Waals surface area contributed by atoms with Crippen molar-refractivity contribution < 1.29 is 9.90 Å². The minimum atomic E-state index is -0.931. The molecule has 0 saturated heterocycles. The van der Waals surface area contributed by atoms with Crippen LogP contribution in [0.5, 0.6) is 0 Å². The van der Waals surface area contributed by atoms with Crippen LogP contribution in [0, 0.1) is 0 Å². The molecule has 3 rings (SSSR count). The first-order chi connectivity index (χ1) is 16.1. The third-order valence-corrected chi connectivity index (χ3v) is 5.96. The standard InChI is InChI=1S/C29H36N2O2/c1-3-5-21-31(22-6-4-2)26-19-15-24(16-20-26)12-11-23-13-17-25(18-14-23)30-28-10-8-7-9-27(28)29(32)33/h7-10,13-20,30H,3-6,11-12,21-22H2,1-2H3,(H,32,33). The van der Waals surface area contributed by atoms with Gasteiger partial charge >= 0.3 is 5.97 Å². The number of aryl methyl sites for hydroxylation is 2. The van der Waals surface area contributed by atoms with E-state index in [4.69, 9.17) is 0 Å². The van der Waals surface area contributed by atoms with Crippen molar-refractivity contribution in [3.05, 3.63) is 89.5 Å². The first-order valence-electron chi connectivity index (χ1n) is 12.1. The summed E-state index contributed by atoms with van der Waals surface area (Å²) in [7, 11) is 0. The van der Waals surface area contributed by atoms with Crippen LogP contribution in [0.1, 0.15) is 61.0 Å². The van der Waals surface area contributed by atoms with Gasteiger partial charge in [-0.25, -0.2) is 4.79 Å². The summed E-state index contributed by atoms with van der Waals surface area (Å²) in [5.74, 6) is -0.931. The molecule has 0 amide bonds. The smallest absolute Gasteiger partial charge is 0.337 e. The van der Waals surface area contributed by atoms with Gasteiger partial charge in [0.2, 0.25) is 0 Å². The van der Waals surface area contributed by atoms with Crippen molar-refractivity contribution in [1.29, 1.82) is 0 Å². The van der Waals surface area contributed by atoms with Crippen LogP contribution >= 0.6 is 0 Å². The summed E-state index contributed by atoms with van der Waals surface area (Å²) < 4.78 is 0. The zero-order valence-electron chi connectivity index (χ0n) is 19.9. The molecule has 33 heavy (non-hydrogen) atoms. The van der Waals surface area contributed by atoms with Gasteiger partial charge in [-0.2, -0.15) is 0 Å².